The lowest BCUT2D eigenvalue weighted by Gasteiger charge is -2.19. The van der Waals surface area contributed by atoms with Crippen LogP contribution in [0.4, 0.5) is 14.5 Å². The molecule has 2 aliphatic rings. The highest BCUT2D eigenvalue weighted by Crippen LogP contribution is 2.48. The van der Waals surface area contributed by atoms with Crippen molar-refractivity contribution in [3.8, 4) is 0 Å². The van der Waals surface area contributed by atoms with Gasteiger partial charge in [-0.3, -0.25) is 10.2 Å². The van der Waals surface area contributed by atoms with Crippen LogP contribution in [0, 0.1) is 11.6 Å². The smallest absolute Gasteiger partial charge is 0.267 e. The number of hydrogen-bond acceptors (Lipinski definition) is 4. The van der Waals surface area contributed by atoms with Crippen molar-refractivity contribution >= 4 is 28.4 Å². The highest BCUT2D eigenvalue weighted by molar-refractivity contribution is 8.16. The molecule has 2 heterocycles. The van der Waals surface area contributed by atoms with Crippen LogP contribution in [0.15, 0.2) is 47.6 Å². The summed E-state index contributed by atoms with van der Waals surface area (Å²) >= 11 is 1.18. The van der Waals surface area contributed by atoms with Crippen LogP contribution in [0.1, 0.15) is 11.1 Å². The summed E-state index contributed by atoms with van der Waals surface area (Å²) in [4.78, 5) is 11.1. The number of hydrogen-bond donors (Lipinski definition) is 2. The lowest BCUT2D eigenvalue weighted by Crippen LogP contribution is -2.39. The summed E-state index contributed by atoms with van der Waals surface area (Å²) in [5.41, 5.74) is 4.23. The van der Waals surface area contributed by atoms with Gasteiger partial charge in [0.1, 0.15) is 5.04 Å². The summed E-state index contributed by atoms with van der Waals surface area (Å²) in [5.74, 6) is -2.39. The fourth-order valence-corrected chi connectivity index (χ4v) is 3.66. The van der Waals surface area contributed by atoms with Gasteiger partial charge in [-0.05, 0) is 6.07 Å². The number of fused-ring (bicyclic) bond motifs is 2. The van der Waals surface area contributed by atoms with E-state index < -0.39 is 22.4 Å². The fraction of sp³-hybridized carbons (Fsp3) is 0.0667. The number of hydrazone groups is 1. The van der Waals surface area contributed by atoms with Crippen molar-refractivity contribution in [3.63, 3.8) is 0 Å². The summed E-state index contributed by atoms with van der Waals surface area (Å²) in [6.45, 7) is 0. The summed E-state index contributed by atoms with van der Waals surface area (Å²) in [6.07, 6.45) is 0. The topological polar surface area (TPSA) is 53.5 Å². The van der Waals surface area contributed by atoms with Gasteiger partial charge in [-0.2, -0.15) is 5.10 Å². The number of amides is 1. The minimum atomic E-state index is -1.25. The second-order valence-corrected chi connectivity index (χ2v) is 6.15. The van der Waals surface area contributed by atoms with Crippen LogP contribution in [-0.2, 0) is 9.67 Å². The van der Waals surface area contributed by atoms with E-state index in [1.165, 1.54) is 11.8 Å². The quantitative estimate of drug-likeness (QED) is 0.850. The van der Waals surface area contributed by atoms with Gasteiger partial charge in [0, 0.05) is 17.2 Å². The Hall–Kier alpha value is -2.41. The maximum absolute atomic E-state index is 13.6. The van der Waals surface area contributed by atoms with Crippen LogP contribution in [0.25, 0.3) is 0 Å². The lowest BCUT2D eigenvalue weighted by molar-refractivity contribution is -0.118. The molecule has 0 radical (unpaired) electrons. The number of anilines is 1. The second kappa shape index (κ2) is 4.54. The third-order valence-corrected chi connectivity index (χ3v) is 4.92. The van der Waals surface area contributed by atoms with Crippen LogP contribution in [0.3, 0.4) is 0 Å². The molecule has 1 atom stereocenters. The number of carbonyl (C=O) groups excluding carboxylic acids is 1. The summed E-state index contributed by atoms with van der Waals surface area (Å²) < 4.78 is 26.9. The molecule has 2 aromatic rings. The highest BCUT2D eigenvalue weighted by Gasteiger charge is 2.52. The zero-order chi connectivity index (χ0) is 15.3. The zero-order valence-electron chi connectivity index (χ0n) is 11.1. The third kappa shape index (κ3) is 1.75. The molecule has 0 aromatic heterocycles. The number of nitrogens with zero attached hydrogens (tertiary/aromatic N) is 1. The molecule has 2 aromatic carbocycles. The van der Waals surface area contributed by atoms with Crippen molar-refractivity contribution in [1.82, 2.24) is 5.43 Å². The Labute approximate surface area is 128 Å². The predicted octanol–water partition coefficient (Wildman–Crippen LogP) is 2.77. The first-order chi connectivity index (χ1) is 10.6. The van der Waals surface area contributed by atoms with Crippen LogP contribution in [0.5, 0.6) is 0 Å². The number of benzene rings is 2. The van der Waals surface area contributed by atoms with Gasteiger partial charge in [-0.15, -0.1) is 0 Å². The molecule has 0 bridgehead atoms. The van der Waals surface area contributed by atoms with Crippen LogP contribution in [-0.4, -0.2) is 11.0 Å². The van der Waals surface area contributed by atoms with Gasteiger partial charge >= 0.3 is 0 Å². The van der Waals surface area contributed by atoms with Crippen LogP contribution in [0.2, 0.25) is 0 Å². The molecule has 4 rings (SSSR count). The zero-order valence-corrected chi connectivity index (χ0v) is 11.9. The molecule has 0 fully saturated rings. The number of thioether (sulfide) groups is 1. The Morgan fingerprint density at radius 2 is 1.82 bits per heavy atom. The van der Waals surface area contributed by atoms with E-state index in [1.807, 2.05) is 30.3 Å². The Bertz CT molecular complexity index is 825. The first-order valence-electron chi connectivity index (χ1n) is 6.50. The van der Waals surface area contributed by atoms with E-state index in [2.05, 4.69) is 15.8 Å². The average Bonchev–Trinajstić information content (AvgIpc) is 3.07. The van der Waals surface area contributed by atoms with Gasteiger partial charge in [0.25, 0.3) is 5.91 Å². The molecule has 2 aliphatic heterocycles. The van der Waals surface area contributed by atoms with Crippen molar-refractivity contribution in [2.24, 2.45) is 5.10 Å². The molecular weight excluding hydrogens is 308 g/mol. The van der Waals surface area contributed by atoms with Crippen molar-refractivity contribution < 1.29 is 13.6 Å². The standard InChI is InChI=1S/C15H9F2N3OS/c16-10-6-9-12(7-11(10)17)18-14(21)15(9)20-19-13(22-15)8-4-2-1-3-5-8/h1-7,20H,(H,18,21). The lowest BCUT2D eigenvalue weighted by atomic mass is 10.1. The number of rotatable bonds is 1. The average molecular weight is 317 g/mol. The van der Waals surface area contributed by atoms with Crippen molar-refractivity contribution in [2.45, 2.75) is 4.87 Å². The van der Waals surface area contributed by atoms with Gasteiger partial charge in [0.2, 0.25) is 4.87 Å². The Morgan fingerprint density at radius 1 is 1.09 bits per heavy atom. The van der Waals surface area contributed by atoms with E-state index in [0.717, 1.165) is 17.7 Å². The molecule has 22 heavy (non-hydrogen) atoms. The SMILES string of the molecule is O=C1Nc2cc(F)c(F)cc2C12NN=C(c1ccccc1)S2. The van der Waals surface area contributed by atoms with Gasteiger partial charge in [0.05, 0.1) is 5.69 Å². The van der Waals surface area contributed by atoms with E-state index in [9.17, 15) is 13.6 Å². The fourth-order valence-electron chi connectivity index (χ4n) is 2.51. The number of carbonyl (C=O) groups is 1. The van der Waals surface area contributed by atoms with E-state index in [-0.39, 0.29) is 5.69 Å². The minimum Gasteiger partial charge on any atom is -0.322 e. The molecular formula is C15H9F2N3OS. The summed E-state index contributed by atoms with van der Waals surface area (Å²) in [5, 5.41) is 7.38. The molecule has 0 saturated carbocycles. The van der Waals surface area contributed by atoms with E-state index in [4.69, 9.17) is 0 Å². The van der Waals surface area contributed by atoms with Crippen molar-refractivity contribution in [3.05, 3.63) is 65.2 Å². The predicted molar refractivity (Wildman–Crippen MR) is 80.4 cm³/mol. The van der Waals surface area contributed by atoms with Gasteiger partial charge in [-0.25, -0.2) is 8.78 Å². The Balaban J connectivity index is 1.76. The molecule has 1 amide bonds. The number of halogens is 2. The first kappa shape index (κ1) is 13.3. The summed E-state index contributed by atoms with van der Waals surface area (Å²) in [7, 11) is 0. The first-order valence-corrected chi connectivity index (χ1v) is 7.32. The normalized spacial score (nSPS) is 22.3. The second-order valence-electron chi connectivity index (χ2n) is 4.94. The van der Waals surface area contributed by atoms with E-state index >= 15 is 0 Å². The maximum atomic E-state index is 13.6. The van der Waals surface area contributed by atoms with Crippen LogP contribution < -0.4 is 10.7 Å². The monoisotopic (exact) mass is 317 g/mol. The van der Waals surface area contributed by atoms with E-state index in [0.29, 0.717) is 10.6 Å². The van der Waals surface area contributed by atoms with Crippen molar-refractivity contribution in [2.75, 3.05) is 5.32 Å². The molecule has 2 N–H and O–H groups in total. The van der Waals surface area contributed by atoms with Crippen molar-refractivity contribution in [1.29, 1.82) is 0 Å². The highest BCUT2D eigenvalue weighted by atomic mass is 32.2. The minimum absolute atomic E-state index is 0.258. The van der Waals surface area contributed by atoms with Crippen LogP contribution >= 0.6 is 11.8 Å². The van der Waals surface area contributed by atoms with E-state index in [1.54, 1.807) is 0 Å². The molecule has 7 heteroatoms. The molecule has 1 unspecified atom stereocenters. The Kier molecular flexibility index (Phi) is 2.74. The molecule has 1 spiro atoms. The molecule has 110 valence electrons. The number of nitrogens with one attached hydrogen (secondary N) is 2. The largest absolute Gasteiger partial charge is 0.322 e. The molecule has 4 nitrogen and oxygen atoms in total. The van der Waals surface area contributed by atoms with Gasteiger partial charge in [-0.1, -0.05) is 42.1 Å². The van der Waals surface area contributed by atoms with Gasteiger partial charge in [0.15, 0.2) is 11.6 Å². The molecule has 0 saturated heterocycles. The van der Waals surface area contributed by atoms with Gasteiger partial charge < -0.3 is 5.32 Å². The molecule has 0 aliphatic carbocycles. The Morgan fingerprint density at radius 3 is 2.59 bits per heavy atom. The maximum Gasteiger partial charge on any atom is 0.267 e. The summed E-state index contributed by atoms with van der Waals surface area (Å²) in [6, 6.07) is 11.4. The third-order valence-electron chi connectivity index (χ3n) is 3.59.